The number of amides is 2. The van der Waals surface area contributed by atoms with Crippen LogP contribution in [0.1, 0.15) is 45.4 Å². The number of benzene rings is 4. The Bertz CT molecular complexity index is 1720. The number of nitrogens with one attached hydrogen (secondary N) is 2. The average Bonchev–Trinajstić information content (AvgIpc) is 3.45. The molecule has 0 spiro atoms. The quantitative estimate of drug-likeness (QED) is 0.157. The maximum Gasteiger partial charge on any atom is 0.244 e. The lowest BCUT2D eigenvalue weighted by molar-refractivity contribution is -0.124. The van der Waals surface area contributed by atoms with Crippen molar-refractivity contribution in [1.82, 2.24) is 10.6 Å². The van der Waals surface area contributed by atoms with Crippen LogP contribution in [-0.2, 0) is 22.4 Å². The third kappa shape index (κ3) is 7.61. The summed E-state index contributed by atoms with van der Waals surface area (Å²) in [7, 11) is 3.15. The molecule has 0 fully saturated rings. The van der Waals surface area contributed by atoms with Gasteiger partial charge in [0.15, 0.2) is 11.5 Å². The van der Waals surface area contributed by atoms with E-state index in [0.717, 1.165) is 22.3 Å². The molecular formula is C37H38N2O7. The highest BCUT2D eigenvalue weighted by molar-refractivity contribution is 5.92. The Labute approximate surface area is 268 Å². The standard InChI is InChI=1S/C37H38N2O7/c1-23-4-10-27(22-31(23)44-2)35-34(37(43)39-19-17-25-7-13-29(41)14-8-25)30-20-26(21-32(45-3)36(30)46-35)9-15-33(42)38-18-16-24-5-11-28(40)12-6-24/h4-15,20-22,34-35,40-41H,16-19H2,1-3H3,(H,38,42)(H,39,43)/b15-9+/t34-,35-/m0/s1. The van der Waals surface area contributed by atoms with E-state index < -0.39 is 12.0 Å². The molecule has 0 unspecified atom stereocenters. The molecule has 4 aromatic rings. The summed E-state index contributed by atoms with van der Waals surface area (Å²) in [5.41, 5.74) is 5.05. The molecule has 1 aliphatic rings. The molecule has 5 rings (SSSR count). The molecule has 0 aromatic heterocycles. The lowest BCUT2D eigenvalue weighted by atomic mass is 9.88. The van der Waals surface area contributed by atoms with Gasteiger partial charge in [-0.15, -0.1) is 0 Å². The van der Waals surface area contributed by atoms with Crippen molar-refractivity contribution in [2.24, 2.45) is 0 Å². The maximum atomic E-state index is 13.9. The molecule has 0 bridgehead atoms. The van der Waals surface area contributed by atoms with E-state index in [2.05, 4.69) is 10.6 Å². The zero-order valence-electron chi connectivity index (χ0n) is 26.1. The van der Waals surface area contributed by atoms with Crippen LogP contribution in [0.2, 0.25) is 0 Å². The van der Waals surface area contributed by atoms with E-state index in [1.807, 2.05) is 55.5 Å². The van der Waals surface area contributed by atoms with Crippen molar-refractivity contribution < 1.29 is 34.0 Å². The van der Waals surface area contributed by atoms with Gasteiger partial charge in [0.2, 0.25) is 11.8 Å². The van der Waals surface area contributed by atoms with Crippen LogP contribution in [-0.4, -0.2) is 49.3 Å². The van der Waals surface area contributed by atoms with Crippen LogP contribution in [0.5, 0.6) is 28.7 Å². The minimum Gasteiger partial charge on any atom is -0.508 e. The van der Waals surface area contributed by atoms with Crippen LogP contribution < -0.4 is 24.8 Å². The van der Waals surface area contributed by atoms with Crippen LogP contribution in [0, 0.1) is 6.92 Å². The molecule has 0 aliphatic carbocycles. The average molecular weight is 623 g/mol. The first-order valence-corrected chi connectivity index (χ1v) is 15.1. The second-order valence-electron chi connectivity index (χ2n) is 11.1. The highest BCUT2D eigenvalue weighted by atomic mass is 16.5. The Morgan fingerprint density at radius 3 is 2.02 bits per heavy atom. The molecule has 1 aliphatic heterocycles. The molecule has 4 aromatic carbocycles. The van der Waals surface area contributed by atoms with Crippen molar-refractivity contribution in [1.29, 1.82) is 0 Å². The number of phenols is 2. The molecule has 2 amide bonds. The van der Waals surface area contributed by atoms with Gasteiger partial charge in [0.05, 0.1) is 14.2 Å². The van der Waals surface area contributed by atoms with Gasteiger partial charge in [-0.1, -0.05) is 36.4 Å². The summed E-state index contributed by atoms with van der Waals surface area (Å²) in [6.45, 7) is 2.77. The predicted molar refractivity (Wildman–Crippen MR) is 176 cm³/mol. The minimum atomic E-state index is -0.705. The van der Waals surface area contributed by atoms with Crippen molar-refractivity contribution in [3.8, 4) is 28.7 Å². The topological polar surface area (TPSA) is 126 Å². The van der Waals surface area contributed by atoms with Gasteiger partial charge in [0, 0.05) is 24.7 Å². The lowest BCUT2D eigenvalue weighted by Crippen LogP contribution is -2.33. The highest BCUT2D eigenvalue weighted by Crippen LogP contribution is 2.51. The number of phenolic OH excluding ortho intramolecular Hbond substituents is 2. The summed E-state index contributed by atoms with van der Waals surface area (Å²) in [4.78, 5) is 26.5. The van der Waals surface area contributed by atoms with Crippen LogP contribution >= 0.6 is 0 Å². The Balaban J connectivity index is 1.37. The molecule has 2 atom stereocenters. The first kappa shape index (κ1) is 32.0. The molecule has 0 radical (unpaired) electrons. The lowest BCUT2D eigenvalue weighted by Gasteiger charge is -2.20. The number of aryl methyl sites for hydroxylation is 1. The van der Waals surface area contributed by atoms with Gasteiger partial charge in [-0.3, -0.25) is 9.59 Å². The van der Waals surface area contributed by atoms with E-state index in [1.165, 1.54) is 13.2 Å². The normalized spacial score (nSPS) is 15.2. The van der Waals surface area contributed by atoms with Crippen LogP contribution in [0.15, 0.2) is 84.9 Å². The molecule has 46 heavy (non-hydrogen) atoms. The van der Waals surface area contributed by atoms with Gasteiger partial charge in [0.1, 0.15) is 29.3 Å². The first-order valence-electron chi connectivity index (χ1n) is 15.1. The largest absolute Gasteiger partial charge is 0.508 e. The van der Waals surface area contributed by atoms with Crippen molar-refractivity contribution in [3.63, 3.8) is 0 Å². The van der Waals surface area contributed by atoms with E-state index in [4.69, 9.17) is 14.2 Å². The zero-order valence-corrected chi connectivity index (χ0v) is 26.1. The van der Waals surface area contributed by atoms with Crippen molar-refractivity contribution in [2.75, 3.05) is 27.3 Å². The fourth-order valence-electron chi connectivity index (χ4n) is 5.49. The number of carbonyl (C=O) groups is 2. The number of carbonyl (C=O) groups excluding carboxylic acids is 2. The van der Waals surface area contributed by atoms with E-state index in [9.17, 15) is 19.8 Å². The maximum absolute atomic E-state index is 13.9. The number of aromatic hydroxyl groups is 2. The Hall–Kier alpha value is -5.44. The smallest absolute Gasteiger partial charge is 0.244 e. The number of hydrogen-bond donors (Lipinski definition) is 4. The van der Waals surface area contributed by atoms with Gasteiger partial charge >= 0.3 is 0 Å². The van der Waals surface area contributed by atoms with Crippen molar-refractivity contribution in [2.45, 2.75) is 31.8 Å². The molecule has 0 saturated carbocycles. The number of hydrogen-bond acceptors (Lipinski definition) is 7. The second-order valence-corrected chi connectivity index (χ2v) is 11.1. The van der Waals surface area contributed by atoms with Gasteiger partial charge in [-0.25, -0.2) is 0 Å². The fraction of sp³-hybridized carbons (Fsp3) is 0.243. The summed E-state index contributed by atoms with van der Waals surface area (Å²) in [5, 5.41) is 25.0. The third-order valence-electron chi connectivity index (χ3n) is 7.98. The summed E-state index contributed by atoms with van der Waals surface area (Å²) >= 11 is 0. The Kier molecular flexibility index (Phi) is 10.1. The SMILES string of the molecule is COc1cc([C@@H]2Oc3c(OC)cc(/C=C/C(=O)NCCc4ccc(O)cc4)cc3[C@@H]2C(=O)NCCc2ccc(O)cc2)ccc1C. The minimum absolute atomic E-state index is 0.189. The van der Waals surface area contributed by atoms with Crippen LogP contribution in [0.4, 0.5) is 0 Å². The van der Waals surface area contributed by atoms with E-state index in [-0.39, 0.29) is 23.3 Å². The number of ether oxygens (including phenoxy) is 3. The molecule has 1 heterocycles. The van der Waals surface area contributed by atoms with Crippen molar-refractivity contribution >= 4 is 17.9 Å². The predicted octanol–water partition coefficient (Wildman–Crippen LogP) is 5.37. The zero-order chi connectivity index (χ0) is 32.6. The van der Waals surface area contributed by atoms with E-state index in [1.54, 1.807) is 43.5 Å². The summed E-state index contributed by atoms with van der Waals surface area (Å²) in [5.74, 6) is 0.826. The van der Waals surface area contributed by atoms with Crippen molar-refractivity contribution in [3.05, 3.63) is 118 Å². The summed E-state index contributed by atoms with van der Waals surface area (Å²) in [6, 6.07) is 23.1. The molecule has 9 nitrogen and oxygen atoms in total. The Morgan fingerprint density at radius 1 is 0.804 bits per heavy atom. The van der Waals surface area contributed by atoms with Gasteiger partial charge in [0.25, 0.3) is 0 Å². The molecule has 238 valence electrons. The molecule has 0 saturated heterocycles. The van der Waals surface area contributed by atoms with E-state index in [0.29, 0.717) is 54.3 Å². The molecule has 9 heteroatoms. The second kappa shape index (κ2) is 14.6. The number of methoxy groups -OCH3 is 2. The van der Waals surface area contributed by atoms with Gasteiger partial charge in [-0.05, 0) is 96.1 Å². The summed E-state index contributed by atoms with van der Waals surface area (Å²) in [6.07, 6.45) is 3.69. The van der Waals surface area contributed by atoms with Crippen LogP contribution in [0.25, 0.3) is 6.08 Å². The number of fused-ring (bicyclic) bond motifs is 1. The third-order valence-corrected chi connectivity index (χ3v) is 7.98. The highest BCUT2D eigenvalue weighted by Gasteiger charge is 2.42. The summed E-state index contributed by atoms with van der Waals surface area (Å²) < 4.78 is 17.7. The van der Waals surface area contributed by atoms with E-state index >= 15 is 0 Å². The monoisotopic (exact) mass is 622 g/mol. The molecular weight excluding hydrogens is 584 g/mol. The Morgan fingerprint density at radius 2 is 1.41 bits per heavy atom. The first-order chi connectivity index (χ1) is 22.2. The van der Waals surface area contributed by atoms with Gasteiger partial charge in [-0.2, -0.15) is 0 Å². The number of rotatable bonds is 12. The fourth-order valence-corrected chi connectivity index (χ4v) is 5.49. The van der Waals surface area contributed by atoms with Gasteiger partial charge < -0.3 is 35.1 Å². The molecule has 4 N–H and O–H groups in total. The van der Waals surface area contributed by atoms with Crippen LogP contribution in [0.3, 0.4) is 0 Å².